The van der Waals surface area contributed by atoms with E-state index < -0.39 is 6.61 Å². The number of nitrogens with one attached hydrogen (secondary N) is 1. The lowest BCUT2D eigenvalue weighted by molar-refractivity contribution is -0.0505. The van der Waals surface area contributed by atoms with Gasteiger partial charge in [-0.15, -0.1) is 11.3 Å². The summed E-state index contributed by atoms with van der Waals surface area (Å²) >= 11 is 8.36. The molecule has 0 atom stereocenters. The molecule has 0 bridgehead atoms. The minimum absolute atomic E-state index is 0.197. The second-order valence-electron chi connectivity index (χ2n) is 3.94. The topological polar surface area (TPSA) is 21.3 Å². The second kappa shape index (κ2) is 7.49. The highest BCUT2D eigenvalue weighted by Gasteiger charge is 2.10. The maximum Gasteiger partial charge on any atom is 0.387 e. The van der Waals surface area contributed by atoms with Crippen molar-refractivity contribution in [1.29, 1.82) is 0 Å². The molecule has 2 aromatic rings. The van der Waals surface area contributed by atoms with Crippen LogP contribution in [-0.2, 0) is 13.1 Å². The number of hydrogen-bond acceptors (Lipinski definition) is 3. The van der Waals surface area contributed by atoms with Gasteiger partial charge in [-0.25, -0.2) is 0 Å². The number of ether oxygens (including phenoxy) is 1. The summed E-state index contributed by atoms with van der Waals surface area (Å²) in [7, 11) is 0. The molecule has 1 heterocycles. The standard InChI is InChI=1S/C13H11Br2F2NOS/c14-9-1-3-11(19-13(16)17)8(5-9)6-18-7-10-2-4-12(15)20-10/h1-5,13,18H,6-7H2. The summed E-state index contributed by atoms with van der Waals surface area (Å²) in [4.78, 5) is 1.17. The quantitative estimate of drug-likeness (QED) is 0.688. The molecule has 0 saturated heterocycles. The van der Waals surface area contributed by atoms with Crippen LogP contribution in [0, 0.1) is 0 Å². The van der Waals surface area contributed by atoms with E-state index in [1.807, 2.05) is 12.1 Å². The maximum absolute atomic E-state index is 12.3. The van der Waals surface area contributed by atoms with Gasteiger partial charge in [-0.1, -0.05) is 15.9 Å². The van der Waals surface area contributed by atoms with Crippen LogP contribution in [0.5, 0.6) is 5.75 Å². The Kier molecular flexibility index (Phi) is 5.95. The van der Waals surface area contributed by atoms with E-state index in [4.69, 9.17) is 0 Å². The van der Waals surface area contributed by atoms with Gasteiger partial charge in [0.2, 0.25) is 0 Å². The van der Waals surface area contributed by atoms with Crippen molar-refractivity contribution in [3.63, 3.8) is 0 Å². The van der Waals surface area contributed by atoms with Crippen LogP contribution in [0.4, 0.5) is 8.78 Å². The number of benzene rings is 1. The molecule has 0 fully saturated rings. The Morgan fingerprint density at radius 3 is 2.60 bits per heavy atom. The van der Waals surface area contributed by atoms with E-state index in [0.29, 0.717) is 18.7 Å². The molecule has 108 valence electrons. The Balaban J connectivity index is 1.98. The fourth-order valence-electron chi connectivity index (χ4n) is 1.66. The van der Waals surface area contributed by atoms with Crippen LogP contribution in [0.25, 0.3) is 0 Å². The van der Waals surface area contributed by atoms with Gasteiger partial charge in [-0.2, -0.15) is 8.78 Å². The van der Waals surface area contributed by atoms with Crippen LogP contribution in [0.1, 0.15) is 10.4 Å². The molecule has 1 N–H and O–H groups in total. The number of halogens is 4. The Morgan fingerprint density at radius 2 is 1.95 bits per heavy atom. The highest BCUT2D eigenvalue weighted by molar-refractivity contribution is 9.11. The Morgan fingerprint density at radius 1 is 1.15 bits per heavy atom. The first-order valence-electron chi connectivity index (χ1n) is 5.73. The van der Waals surface area contributed by atoms with E-state index in [9.17, 15) is 8.78 Å². The molecule has 1 aromatic heterocycles. The Labute approximate surface area is 136 Å². The molecule has 0 unspecified atom stereocenters. The second-order valence-corrected chi connectivity index (χ2v) is 7.40. The smallest absolute Gasteiger partial charge is 0.387 e. The molecule has 7 heteroatoms. The molecule has 1 aromatic carbocycles. The van der Waals surface area contributed by atoms with Gasteiger partial charge in [-0.05, 0) is 46.3 Å². The van der Waals surface area contributed by atoms with Gasteiger partial charge in [0.25, 0.3) is 0 Å². The fraction of sp³-hybridized carbons (Fsp3) is 0.231. The predicted octanol–water partition coefficient (Wildman–Crippen LogP) is 5.16. The largest absolute Gasteiger partial charge is 0.434 e. The maximum atomic E-state index is 12.3. The van der Waals surface area contributed by atoms with Crippen molar-refractivity contribution in [2.45, 2.75) is 19.7 Å². The molecule has 20 heavy (non-hydrogen) atoms. The molecular formula is C13H11Br2F2NOS. The average Bonchev–Trinajstić information content (AvgIpc) is 2.78. The lowest BCUT2D eigenvalue weighted by Crippen LogP contribution is -2.14. The van der Waals surface area contributed by atoms with Crippen molar-refractivity contribution in [2.75, 3.05) is 0 Å². The van der Waals surface area contributed by atoms with Gasteiger partial charge in [-0.3, -0.25) is 0 Å². The summed E-state index contributed by atoms with van der Waals surface area (Å²) in [6.07, 6.45) is 0. The van der Waals surface area contributed by atoms with Gasteiger partial charge < -0.3 is 10.1 Å². The van der Waals surface area contributed by atoms with Crippen LogP contribution in [0.2, 0.25) is 0 Å². The highest BCUT2D eigenvalue weighted by atomic mass is 79.9. The molecule has 0 aliphatic heterocycles. The Bertz CT molecular complexity index is 577. The van der Waals surface area contributed by atoms with Crippen LogP contribution in [0.15, 0.2) is 38.6 Å². The molecule has 0 radical (unpaired) electrons. The third kappa shape index (κ3) is 4.80. The monoisotopic (exact) mass is 425 g/mol. The zero-order chi connectivity index (χ0) is 14.5. The predicted molar refractivity (Wildman–Crippen MR) is 83.3 cm³/mol. The average molecular weight is 427 g/mol. The SMILES string of the molecule is FC(F)Oc1ccc(Br)cc1CNCc1ccc(Br)s1. The lowest BCUT2D eigenvalue weighted by Gasteiger charge is -2.11. The van der Waals surface area contributed by atoms with Crippen molar-refractivity contribution >= 4 is 43.2 Å². The summed E-state index contributed by atoms with van der Waals surface area (Å²) in [5, 5.41) is 3.22. The van der Waals surface area contributed by atoms with Gasteiger partial charge >= 0.3 is 6.61 Å². The van der Waals surface area contributed by atoms with Crippen molar-refractivity contribution < 1.29 is 13.5 Å². The minimum Gasteiger partial charge on any atom is -0.434 e. The first-order chi connectivity index (χ1) is 9.54. The van der Waals surface area contributed by atoms with Crippen molar-refractivity contribution in [2.24, 2.45) is 0 Å². The highest BCUT2D eigenvalue weighted by Crippen LogP contribution is 2.25. The summed E-state index contributed by atoms with van der Waals surface area (Å²) < 4.78 is 31.1. The molecule has 0 aliphatic carbocycles. The van der Waals surface area contributed by atoms with E-state index in [2.05, 4.69) is 41.9 Å². The number of rotatable bonds is 6. The molecular weight excluding hydrogens is 416 g/mol. The van der Waals surface area contributed by atoms with Crippen molar-refractivity contribution in [3.8, 4) is 5.75 Å². The van der Waals surface area contributed by atoms with E-state index in [1.165, 1.54) is 10.9 Å². The van der Waals surface area contributed by atoms with E-state index >= 15 is 0 Å². The third-order valence-corrected chi connectivity index (χ3v) is 4.60. The zero-order valence-corrected chi connectivity index (χ0v) is 14.2. The van der Waals surface area contributed by atoms with E-state index in [1.54, 1.807) is 23.5 Å². The van der Waals surface area contributed by atoms with Gasteiger partial charge in [0, 0.05) is 28.0 Å². The first-order valence-corrected chi connectivity index (χ1v) is 8.13. The molecule has 0 saturated carbocycles. The summed E-state index contributed by atoms with van der Waals surface area (Å²) in [5.41, 5.74) is 0.690. The number of hydrogen-bond donors (Lipinski definition) is 1. The fourth-order valence-corrected chi connectivity index (χ4v) is 3.53. The molecule has 2 rings (SSSR count). The van der Waals surface area contributed by atoms with E-state index in [0.717, 1.165) is 8.26 Å². The van der Waals surface area contributed by atoms with Crippen LogP contribution >= 0.6 is 43.2 Å². The van der Waals surface area contributed by atoms with Crippen LogP contribution < -0.4 is 10.1 Å². The molecule has 0 spiro atoms. The minimum atomic E-state index is -2.82. The van der Waals surface area contributed by atoms with Gasteiger partial charge in [0.05, 0.1) is 3.79 Å². The Hall–Kier alpha value is -0.500. The van der Waals surface area contributed by atoms with Crippen molar-refractivity contribution in [1.82, 2.24) is 5.32 Å². The van der Waals surface area contributed by atoms with E-state index in [-0.39, 0.29) is 5.75 Å². The third-order valence-electron chi connectivity index (χ3n) is 2.48. The van der Waals surface area contributed by atoms with Gasteiger partial charge in [0.15, 0.2) is 0 Å². The van der Waals surface area contributed by atoms with Gasteiger partial charge in [0.1, 0.15) is 5.75 Å². The van der Waals surface area contributed by atoms with Crippen LogP contribution in [-0.4, -0.2) is 6.61 Å². The first kappa shape index (κ1) is 15.9. The number of alkyl halides is 2. The molecule has 0 aliphatic rings. The van der Waals surface area contributed by atoms with Crippen molar-refractivity contribution in [3.05, 3.63) is 49.0 Å². The molecule has 2 nitrogen and oxygen atoms in total. The summed E-state index contributed by atoms with van der Waals surface area (Å²) in [6.45, 7) is -1.68. The number of thiophene rings is 1. The zero-order valence-electron chi connectivity index (χ0n) is 10.2. The normalized spacial score (nSPS) is 11.1. The molecule has 0 amide bonds. The summed E-state index contributed by atoms with van der Waals surface area (Å²) in [6, 6.07) is 8.98. The summed E-state index contributed by atoms with van der Waals surface area (Å²) in [5.74, 6) is 0.197. The van der Waals surface area contributed by atoms with Crippen LogP contribution in [0.3, 0.4) is 0 Å². The lowest BCUT2D eigenvalue weighted by atomic mass is 10.2.